The Morgan fingerprint density at radius 1 is 0.921 bits per heavy atom. The van der Waals surface area contributed by atoms with Gasteiger partial charge in [0.1, 0.15) is 36.3 Å². The van der Waals surface area contributed by atoms with Crippen LogP contribution >= 0.6 is 35.2 Å². The average Bonchev–Trinajstić information content (AvgIpc) is 3.78. The molecule has 0 radical (unpaired) electrons. The fourth-order valence-electron chi connectivity index (χ4n) is 6.12. The first-order chi connectivity index (χ1) is 29.6. The van der Waals surface area contributed by atoms with Crippen molar-refractivity contribution in [3.63, 3.8) is 0 Å². The van der Waals surface area contributed by atoms with Crippen LogP contribution in [0.25, 0.3) is 11.2 Å². The summed E-state index contributed by atoms with van der Waals surface area (Å²) in [5, 5.41) is 26.5. The van der Waals surface area contributed by atoms with E-state index in [1.54, 1.807) is 0 Å². The monoisotopic (exact) mass is 961 g/mol. The van der Waals surface area contributed by atoms with Gasteiger partial charge in [-0.2, -0.15) is 4.31 Å². The molecule has 4 aromatic rings. The number of imidazole rings is 1. The van der Waals surface area contributed by atoms with Gasteiger partial charge in [-0.3, -0.25) is 32.5 Å². The smallest absolute Gasteiger partial charge is 0.386 e. The van der Waals surface area contributed by atoms with Crippen molar-refractivity contribution in [2.75, 3.05) is 37.8 Å². The molecule has 344 valence electrons. The van der Waals surface area contributed by atoms with E-state index >= 15 is 0 Å². The van der Waals surface area contributed by atoms with Gasteiger partial charge < -0.3 is 50.9 Å². The van der Waals surface area contributed by atoms with Crippen LogP contribution in [0.1, 0.15) is 43.5 Å². The number of thioether (sulfide) groups is 1. The number of nitrogens with one attached hydrogen (secondary N) is 2. The Hall–Kier alpha value is -4.00. The van der Waals surface area contributed by atoms with Gasteiger partial charge in [-0.15, -0.1) is 0 Å². The minimum Gasteiger partial charge on any atom is -0.386 e. The standard InChI is InChI=1S/C35H46N7O17P3S/c1-35(2,29(45)32(46)38-14-13-24(43)37-15-16-63-34(47)25(21-9-5-3-6-10-21)22-11-7-4-8-12-22)18-56-62(53,54)59-61(51,52)55-17-23-28(58-60(48,49)50)27(44)33(57-23)42-20-41-26-30(36)39-19-40-31(26)42/h3-12,19-20,23,25,27-29,33,44-45H,13-18H2,1-2H3,(H,37,43)(H,38,46)(H,51,52)(H,53,54)(H2,36,39,40)(H2,48,49,50). The third-order valence-corrected chi connectivity index (χ3v) is 13.3. The lowest BCUT2D eigenvalue weighted by Gasteiger charge is -2.30. The Morgan fingerprint density at radius 3 is 2.16 bits per heavy atom. The molecule has 1 saturated heterocycles. The fraction of sp³-hybridized carbons (Fsp3) is 0.429. The molecule has 24 nitrogen and oxygen atoms in total. The number of rotatable bonds is 22. The zero-order valence-electron chi connectivity index (χ0n) is 33.4. The number of nitrogens with two attached hydrogens (primary N) is 1. The van der Waals surface area contributed by atoms with Crippen molar-refractivity contribution in [3.05, 3.63) is 84.4 Å². The van der Waals surface area contributed by atoms with E-state index in [4.69, 9.17) is 19.5 Å². The molecule has 3 heterocycles. The van der Waals surface area contributed by atoms with Crippen LogP contribution in [0.5, 0.6) is 0 Å². The van der Waals surface area contributed by atoms with E-state index in [1.165, 1.54) is 13.8 Å². The van der Waals surface area contributed by atoms with Crippen LogP contribution in [0.15, 0.2) is 73.3 Å². The zero-order chi connectivity index (χ0) is 46.2. The average molecular weight is 962 g/mol. The highest BCUT2D eigenvalue weighted by atomic mass is 32.2. The lowest BCUT2D eigenvalue weighted by molar-refractivity contribution is -0.137. The highest BCUT2D eigenvalue weighted by Gasteiger charge is 2.50. The van der Waals surface area contributed by atoms with Gasteiger partial charge in [0, 0.05) is 30.7 Å². The number of carbonyl (C=O) groups is 3. The summed E-state index contributed by atoms with van der Waals surface area (Å²) in [4.78, 5) is 89.5. The van der Waals surface area contributed by atoms with E-state index < -0.39 is 90.5 Å². The molecule has 10 N–H and O–H groups in total. The Morgan fingerprint density at radius 2 is 1.54 bits per heavy atom. The molecule has 0 spiro atoms. The molecule has 7 atom stereocenters. The van der Waals surface area contributed by atoms with Gasteiger partial charge in [0.05, 0.1) is 25.5 Å². The third kappa shape index (κ3) is 14.0. The quantitative estimate of drug-likeness (QED) is 0.0398. The molecule has 0 saturated carbocycles. The molecule has 5 rings (SSSR count). The summed E-state index contributed by atoms with van der Waals surface area (Å²) in [6, 6.07) is 18.6. The number of aromatic nitrogens is 4. The van der Waals surface area contributed by atoms with E-state index in [0.29, 0.717) is 0 Å². The van der Waals surface area contributed by atoms with Crippen LogP contribution in [0.4, 0.5) is 5.82 Å². The van der Waals surface area contributed by atoms with Gasteiger partial charge in [-0.05, 0) is 11.1 Å². The number of benzene rings is 2. The predicted octanol–water partition coefficient (Wildman–Crippen LogP) is 1.50. The first-order valence-electron chi connectivity index (χ1n) is 18.7. The van der Waals surface area contributed by atoms with Crippen molar-refractivity contribution in [2.45, 2.75) is 56.8 Å². The van der Waals surface area contributed by atoms with Crippen molar-refractivity contribution in [1.82, 2.24) is 30.2 Å². The predicted molar refractivity (Wildman–Crippen MR) is 222 cm³/mol. The molecule has 2 amide bonds. The van der Waals surface area contributed by atoms with E-state index in [1.807, 2.05) is 60.7 Å². The maximum atomic E-state index is 13.2. The molecular formula is C35H46N7O17P3S. The summed E-state index contributed by atoms with van der Waals surface area (Å²) < 4.78 is 62.4. The second-order valence-electron chi connectivity index (χ2n) is 14.5. The Bertz CT molecular complexity index is 2320. The second-order valence-corrected chi connectivity index (χ2v) is 19.8. The molecule has 0 bridgehead atoms. The highest BCUT2D eigenvalue weighted by Crippen LogP contribution is 2.61. The maximum Gasteiger partial charge on any atom is 0.481 e. The number of hydrogen-bond acceptors (Lipinski definition) is 18. The number of fused-ring (bicyclic) bond motifs is 1. The van der Waals surface area contributed by atoms with Crippen molar-refractivity contribution in [3.8, 4) is 0 Å². The highest BCUT2D eigenvalue weighted by molar-refractivity contribution is 8.13. The molecule has 1 aliphatic heterocycles. The maximum absolute atomic E-state index is 13.2. The van der Waals surface area contributed by atoms with E-state index in [0.717, 1.165) is 40.1 Å². The summed E-state index contributed by atoms with van der Waals surface area (Å²) in [5.41, 5.74) is 5.92. The molecule has 2 aromatic heterocycles. The number of carbonyl (C=O) groups excluding carboxylic acids is 3. The minimum absolute atomic E-state index is 0.0277. The van der Waals surface area contributed by atoms with Crippen molar-refractivity contribution in [1.29, 1.82) is 0 Å². The number of hydrogen-bond donors (Lipinski definition) is 9. The van der Waals surface area contributed by atoms with Crippen LogP contribution in [-0.4, -0.2) is 123 Å². The number of ether oxygens (including phenoxy) is 1. The Kier molecular flexibility index (Phi) is 16.9. The first kappa shape index (κ1) is 50.0. The summed E-state index contributed by atoms with van der Waals surface area (Å²) in [7, 11) is -16.4. The summed E-state index contributed by atoms with van der Waals surface area (Å²) >= 11 is 1.07. The van der Waals surface area contributed by atoms with Crippen LogP contribution < -0.4 is 16.4 Å². The van der Waals surface area contributed by atoms with Crippen molar-refractivity contribution in [2.24, 2.45) is 5.41 Å². The molecule has 1 aliphatic rings. The lowest BCUT2D eigenvalue weighted by atomic mass is 9.87. The minimum atomic E-state index is -5.59. The number of anilines is 1. The number of nitrogens with zero attached hydrogens (tertiary/aromatic N) is 4. The van der Waals surface area contributed by atoms with E-state index in [9.17, 15) is 57.9 Å². The number of nitrogen functional groups attached to an aromatic ring is 1. The molecule has 28 heteroatoms. The topological polar surface area (TPSA) is 364 Å². The summed E-state index contributed by atoms with van der Waals surface area (Å²) in [6.07, 6.45) is -6.99. The third-order valence-electron chi connectivity index (χ3n) is 9.25. The van der Waals surface area contributed by atoms with Crippen LogP contribution in [0.2, 0.25) is 0 Å². The molecular weight excluding hydrogens is 915 g/mol. The number of phosphoric acid groups is 3. The SMILES string of the molecule is CC(C)(COP(=O)(O)OP(=O)(O)OCC1OC(n2cnc3c(N)ncnc32)C(O)C1OP(=O)(O)O)C(O)C(=O)NCCC(=O)NCCSC(=O)C(c1ccccc1)c1ccccc1. The number of amides is 2. The van der Waals surface area contributed by atoms with E-state index in [-0.39, 0.29) is 47.4 Å². The second kappa shape index (κ2) is 21.3. The number of aliphatic hydroxyl groups excluding tert-OH is 2. The number of aliphatic hydroxyl groups is 2. The van der Waals surface area contributed by atoms with Crippen molar-refractivity contribution < 1.29 is 80.5 Å². The molecule has 0 aliphatic carbocycles. The first-order valence-corrected chi connectivity index (χ1v) is 24.2. The van der Waals surface area contributed by atoms with Gasteiger partial charge >= 0.3 is 23.5 Å². The van der Waals surface area contributed by atoms with Gasteiger partial charge in [0.25, 0.3) is 0 Å². The lowest BCUT2D eigenvalue weighted by Crippen LogP contribution is -2.46. The summed E-state index contributed by atoms with van der Waals surface area (Å²) in [6.45, 7) is 0.408. The number of phosphoric ester groups is 3. The zero-order valence-corrected chi connectivity index (χ0v) is 36.9. The van der Waals surface area contributed by atoms with E-state index in [2.05, 4.69) is 34.4 Å². The Balaban J connectivity index is 1.05. The van der Waals surface area contributed by atoms with Gasteiger partial charge in [-0.25, -0.2) is 28.6 Å². The van der Waals surface area contributed by atoms with Crippen LogP contribution in [0.3, 0.4) is 0 Å². The van der Waals surface area contributed by atoms with Crippen LogP contribution in [-0.2, 0) is 50.7 Å². The molecule has 1 fully saturated rings. The molecule has 7 unspecified atom stereocenters. The van der Waals surface area contributed by atoms with Gasteiger partial charge in [-0.1, -0.05) is 86.3 Å². The summed E-state index contributed by atoms with van der Waals surface area (Å²) in [5.74, 6) is -1.70. The van der Waals surface area contributed by atoms with Gasteiger partial charge in [0.2, 0.25) is 16.9 Å². The fourth-order valence-corrected chi connectivity index (χ4v) is 9.79. The van der Waals surface area contributed by atoms with Crippen molar-refractivity contribution >= 4 is 69.1 Å². The largest absolute Gasteiger partial charge is 0.481 e. The molecule has 63 heavy (non-hydrogen) atoms. The van der Waals surface area contributed by atoms with Gasteiger partial charge in [0.15, 0.2) is 17.7 Å². The van der Waals surface area contributed by atoms with Crippen LogP contribution in [0, 0.1) is 5.41 Å². The molecule has 2 aromatic carbocycles. The Labute approximate surface area is 363 Å². The normalized spacial score (nSPS) is 20.5.